The number of hydrogen-bond acceptors (Lipinski definition) is 3. The summed E-state index contributed by atoms with van der Waals surface area (Å²) in [7, 11) is 1.75. The Bertz CT molecular complexity index is 659. The van der Waals surface area contributed by atoms with E-state index in [4.69, 9.17) is 4.74 Å². The number of benzene rings is 1. The summed E-state index contributed by atoms with van der Waals surface area (Å²) >= 11 is 0. The number of esters is 1. The van der Waals surface area contributed by atoms with Crippen LogP contribution in [0, 0.1) is 6.92 Å². The van der Waals surface area contributed by atoms with Crippen LogP contribution in [0.15, 0.2) is 42.6 Å². The van der Waals surface area contributed by atoms with Crippen molar-refractivity contribution in [2.75, 3.05) is 0 Å². The summed E-state index contributed by atoms with van der Waals surface area (Å²) in [6, 6.07) is 11.3. The Kier molecular flexibility index (Phi) is 4.99. The van der Waals surface area contributed by atoms with E-state index < -0.39 is 12.1 Å². The maximum atomic E-state index is 12.0. The minimum absolute atomic E-state index is 0.317. The van der Waals surface area contributed by atoms with Gasteiger partial charge >= 0.3 is 5.97 Å². The lowest BCUT2D eigenvalue weighted by atomic mass is 10.1. The number of nitrogens with one attached hydrogen (secondary N) is 1. The predicted octanol–water partition coefficient (Wildman–Crippen LogP) is 2.20. The van der Waals surface area contributed by atoms with Crippen molar-refractivity contribution in [3.63, 3.8) is 0 Å². The molecule has 1 aromatic heterocycles. The molecule has 1 atom stereocenters. The van der Waals surface area contributed by atoms with Crippen LogP contribution in [-0.2, 0) is 23.1 Å². The molecule has 0 saturated carbocycles. The molecule has 2 rings (SSSR count). The fourth-order valence-corrected chi connectivity index (χ4v) is 1.99. The van der Waals surface area contributed by atoms with Crippen molar-refractivity contribution < 1.29 is 14.3 Å². The van der Waals surface area contributed by atoms with Gasteiger partial charge in [0.1, 0.15) is 5.69 Å². The molecule has 1 aromatic carbocycles. The molecule has 0 aliphatic heterocycles. The second kappa shape index (κ2) is 6.93. The molecule has 1 amide bonds. The van der Waals surface area contributed by atoms with E-state index in [1.165, 1.54) is 5.56 Å². The summed E-state index contributed by atoms with van der Waals surface area (Å²) < 4.78 is 6.83. The van der Waals surface area contributed by atoms with E-state index in [1.54, 1.807) is 36.9 Å². The van der Waals surface area contributed by atoms with Crippen LogP contribution < -0.4 is 5.32 Å². The van der Waals surface area contributed by atoms with Gasteiger partial charge in [0.2, 0.25) is 0 Å². The summed E-state index contributed by atoms with van der Waals surface area (Å²) in [4.78, 5) is 23.9. The quantitative estimate of drug-likeness (QED) is 0.861. The Labute approximate surface area is 129 Å². The first-order valence-corrected chi connectivity index (χ1v) is 7.13. The van der Waals surface area contributed by atoms with Crippen LogP contribution in [0.1, 0.15) is 28.5 Å². The van der Waals surface area contributed by atoms with Crippen molar-refractivity contribution >= 4 is 11.9 Å². The SMILES string of the molecule is Cc1ccc(CNC(=O)[C@H](C)OC(=O)c2cccn2C)cc1. The van der Waals surface area contributed by atoms with E-state index in [0.717, 1.165) is 5.56 Å². The zero-order chi connectivity index (χ0) is 16.1. The number of nitrogens with zero attached hydrogens (tertiary/aromatic N) is 1. The molecule has 0 fully saturated rings. The largest absolute Gasteiger partial charge is 0.448 e. The monoisotopic (exact) mass is 300 g/mol. The summed E-state index contributed by atoms with van der Waals surface area (Å²) in [5, 5.41) is 2.76. The van der Waals surface area contributed by atoms with Gasteiger partial charge in [0.05, 0.1) is 0 Å². The average molecular weight is 300 g/mol. The first-order valence-electron chi connectivity index (χ1n) is 7.13. The number of aromatic nitrogens is 1. The van der Waals surface area contributed by atoms with E-state index in [1.807, 2.05) is 31.2 Å². The van der Waals surface area contributed by atoms with Gasteiger partial charge in [-0.1, -0.05) is 29.8 Å². The molecule has 2 aromatic rings. The van der Waals surface area contributed by atoms with Crippen LogP contribution in [0.3, 0.4) is 0 Å². The normalized spacial score (nSPS) is 11.8. The zero-order valence-electron chi connectivity index (χ0n) is 13.0. The van der Waals surface area contributed by atoms with Crippen LogP contribution in [0.2, 0.25) is 0 Å². The lowest BCUT2D eigenvalue weighted by molar-refractivity contribution is -0.129. The molecule has 0 radical (unpaired) electrons. The van der Waals surface area contributed by atoms with Gasteiger partial charge < -0.3 is 14.6 Å². The molecule has 0 aliphatic carbocycles. The summed E-state index contributed by atoms with van der Waals surface area (Å²) in [5.41, 5.74) is 2.58. The molecular formula is C17H20N2O3. The first kappa shape index (κ1) is 15.8. The van der Waals surface area contributed by atoms with Gasteiger partial charge in [0, 0.05) is 19.8 Å². The molecule has 22 heavy (non-hydrogen) atoms. The Balaban J connectivity index is 1.85. The molecule has 0 aliphatic rings. The number of amides is 1. The minimum Gasteiger partial charge on any atom is -0.448 e. The fourth-order valence-electron chi connectivity index (χ4n) is 1.99. The maximum Gasteiger partial charge on any atom is 0.355 e. The second-order valence-electron chi connectivity index (χ2n) is 5.26. The Hall–Kier alpha value is -2.56. The van der Waals surface area contributed by atoms with E-state index in [2.05, 4.69) is 5.32 Å². The molecule has 5 nitrogen and oxygen atoms in total. The molecule has 0 bridgehead atoms. The number of carbonyl (C=O) groups excluding carboxylic acids is 2. The summed E-state index contributed by atoms with van der Waals surface area (Å²) in [6.45, 7) is 3.98. The number of ether oxygens (including phenoxy) is 1. The number of aryl methyl sites for hydroxylation is 2. The van der Waals surface area contributed by atoms with Gasteiger partial charge in [-0.3, -0.25) is 4.79 Å². The standard InChI is InChI=1S/C17H20N2O3/c1-12-6-8-14(9-7-12)11-18-16(20)13(2)22-17(21)15-5-4-10-19(15)3/h4-10,13H,11H2,1-3H3,(H,18,20)/t13-/m0/s1. The van der Waals surface area contributed by atoms with Gasteiger partial charge in [0.25, 0.3) is 5.91 Å². The van der Waals surface area contributed by atoms with Crippen LogP contribution in [0.25, 0.3) is 0 Å². The van der Waals surface area contributed by atoms with Crippen LogP contribution in [0.5, 0.6) is 0 Å². The third-order valence-corrected chi connectivity index (χ3v) is 3.39. The summed E-state index contributed by atoms with van der Waals surface area (Å²) in [6.07, 6.45) is 0.909. The van der Waals surface area contributed by atoms with Gasteiger partial charge in [-0.25, -0.2) is 4.79 Å². The highest BCUT2D eigenvalue weighted by Crippen LogP contribution is 2.06. The predicted molar refractivity (Wildman–Crippen MR) is 83.3 cm³/mol. The molecule has 116 valence electrons. The van der Waals surface area contributed by atoms with Crippen LogP contribution >= 0.6 is 0 Å². The van der Waals surface area contributed by atoms with E-state index >= 15 is 0 Å². The van der Waals surface area contributed by atoms with Gasteiger partial charge in [-0.2, -0.15) is 0 Å². The minimum atomic E-state index is -0.840. The van der Waals surface area contributed by atoms with Gasteiger partial charge in [-0.05, 0) is 31.5 Å². The van der Waals surface area contributed by atoms with Crippen molar-refractivity contribution in [2.24, 2.45) is 7.05 Å². The van der Waals surface area contributed by atoms with Crippen LogP contribution in [0.4, 0.5) is 0 Å². The van der Waals surface area contributed by atoms with Crippen molar-refractivity contribution in [3.05, 3.63) is 59.4 Å². The van der Waals surface area contributed by atoms with E-state index in [-0.39, 0.29) is 5.91 Å². The van der Waals surface area contributed by atoms with Crippen LogP contribution in [-0.4, -0.2) is 22.5 Å². The van der Waals surface area contributed by atoms with Crippen molar-refractivity contribution in [2.45, 2.75) is 26.5 Å². The first-order chi connectivity index (χ1) is 10.5. The van der Waals surface area contributed by atoms with E-state index in [0.29, 0.717) is 12.2 Å². The summed E-state index contributed by atoms with van der Waals surface area (Å²) in [5.74, 6) is -0.825. The highest BCUT2D eigenvalue weighted by molar-refractivity contribution is 5.90. The zero-order valence-corrected chi connectivity index (χ0v) is 13.0. The molecule has 1 heterocycles. The highest BCUT2D eigenvalue weighted by atomic mass is 16.5. The number of rotatable bonds is 5. The number of carbonyl (C=O) groups is 2. The van der Waals surface area contributed by atoms with Crippen molar-refractivity contribution in [1.29, 1.82) is 0 Å². The van der Waals surface area contributed by atoms with E-state index in [9.17, 15) is 9.59 Å². The van der Waals surface area contributed by atoms with Gasteiger partial charge in [-0.15, -0.1) is 0 Å². The van der Waals surface area contributed by atoms with Gasteiger partial charge in [0.15, 0.2) is 6.10 Å². The lowest BCUT2D eigenvalue weighted by Gasteiger charge is -2.14. The smallest absolute Gasteiger partial charge is 0.355 e. The fraction of sp³-hybridized carbons (Fsp3) is 0.294. The average Bonchev–Trinajstić information content (AvgIpc) is 2.92. The molecule has 5 heteroatoms. The van der Waals surface area contributed by atoms with Crippen molar-refractivity contribution in [3.8, 4) is 0 Å². The Morgan fingerprint density at radius 2 is 1.91 bits per heavy atom. The number of hydrogen-bond donors (Lipinski definition) is 1. The molecule has 0 unspecified atom stereocenters. The highest BCUT2D eigenvalue weighted by Gasteiger charge is 2.19. The third kappa shape index (κ3) is 3.97. The Morgan fingerprint density at radius 3 is 2.50 bits per heavy atom. The molecule has 0 saturated heterocycles. The Morgan fingerprint density at radius 1 is 1.23 bits per heavy atom. The molecule has 1 N–H and O–H groups in total. The third-order valence-electron chi connectivity index (χ3n) is 3.39. The molecular weight excluding hydrogens is 280 g/mol. The second-order valence-corrected chi connectivity index (χ2v) is 5.26. The molecule has 0 spiro atoms. The topological polar surface area (TPSA) is 60.3 Å². The maximum absolute atomic E-state index is 12.0. The lowest BCUT2D eigenvalue weighted by Crippen LogP contribution is -2.35. The van der Waals surface area contributed by atoms with Crippen molar-refractivity contribution in [1.82, 2.24) is 9.88 Å².